The Hall–Kier alpha value is -1.40. The van der Waals surface area contributed by atoms with Crippen molar-refractivity contribution in [3.8, 4) is 0 Å². The molecule has 128 valence electrons. The predicted octanol–water partition coefficient (Wildman–Crippen LogP) is 1.23. The Morgan fingerprint density at radius 3 is 2.57 bits per heavy atom. The van der Waals surface area contributed by atoms with Crippen LogP contribution in [0.25, 0.3) is 0 Å². The summed E-state index contributed by atoms with van der Waals surface area (Å²) in [4.78, 5) is 14.4. The first-order valence-corrected chi connectivity index (χ1v) is 10.1. The van der Waals surface area contributed by atoms with Crippen LogP contribution >= 0.6 is 0 Å². The highest BCUT2D eigenvalue weighted by Crippen LogP contribution is 2.19. The second-order valence-electron chi connectivity index (χ2n) is 6.58. The van der Waals surface area contributed by atoms with Crippen LogP contribution in [-0.2, 0) is 27.6 Å². The fourth-order valence-electron chi connectivity index (χ4n) is 2.98. The van der Waals surface area contributed by atoms with Crippen LogP contribution in [0.15, 0.2) is 24.3 Å². The van der Waals surface area contributed by atoms with Gasteiger partial charge in [0.15, 0.2) is 0 Å². The zero-order chi connectivity index (χ0) is 17.0. The summed E-state index contributed by atoms with van der Waals surface area (Å²) in [6.07, 6.45) is 2.18. The lowest BCUT2D eigenvalue weighted by Gasteiger charge is -2.34. The number of carbonyl (C=O) groups excluding carboxylic acids is 1. The van der Waals surface area contributed by atoms with Crippen molar-refractivity contribution in [1.82, 2.24) is 10.2 Å². The molecule has 1 heterocycles. The number of nitrogens with zero attached hydrogens (tertiary/aromatic N) is 1. The minimum atomic E-state index is -3.13. The van der Waals surface area contributed by atoms with Crippen LogP contribution in [-0.4, -0.2) is 50.4 Å². The number of sulfone groups is 1. The van der Waals surface area contributed by atoms with Gasteiger partial charge in [0.05, 0.1) is 5.75 Å². The van der Waals surface area contributed by atoms with Gasteiger partial charge in [0.2, 0.25) is 5.91 Å². The molecular formula is C17H26N2O3S. The van der Waals surface area contributed by atoms with Crippen molar-refractivity contribution in [3.05, 3.63) is 35.4 Å². The van der Waals surface area contributed by atoms with E-state index in [0.717, 1.165) is 25.8 Å². The van der Waals surface area contributed by atoms with Gasteiger partial charge >= 0.3 is 0 Å². The van der Waals surface area contributed by atoms with Gasteiger partial charge in [0, 0.05) is 37.8 Å². The van der Waals surface area contributed by atoms with Gasteiger partial charge in [-0.05, 0) is 24.5 Å². The molecule has 1 aliphatic rings. The number of benzene rings is 1. The Kier molecular flexibility index (Phi) is 5.81. The molecule has 0 unspecified atom stereocenters. The summed E-state index contributed by atoms with van der Waals surface area (Å²) in [6, 6.07) is 8.67. The smallest absolute Gasteiger partial charge is 0.223 e. The molecule has 1 aliphatic heterocycles. The number of rotatable bonds is 6. The molecule has 1 aromatic carbocycles. The SMILES string of the molecule is C[C@H](CS(C)(=O)=O)C(=O)NC[C@H](C)N1CCc2ccccc2C1. The Morgan fingerprint density at radius 2 is 1.91 bits per heavy atom. The summed E-state index contributed by atoms with van der Waals surface area (Å²) in [5.41, 5.74) is 2.75. The number of hydrogen-bond acceptors (Lipinski definition) is 4. The largest absolute Gasteiger partial charge is 0.354 e. The van der Waals surface area contributed by atoms with E-state index in [2.05, 4.69) is 41.4 Å². The first-order valence-electron chi connectivity index (χ1n) is 8.02. The van der Waals surface area contributed by atoms with E-state index in [9.17, 15) is 13.2 Å². The lowest BCUT2D eigenvalue weighted by Crippen LogP contribution is -2.45. The first kappa shape index (κ1) is 17.9. The highest BCUT2D eigenvalue weighted by Gasteiger charge is 2.22. The molecule has 0 fully saturated rings. The minimum Gasteiger partial charge on any atom is -0.354 e. The third-order valence-electron chi connectivity index (χ3n) is 4.36. The Balaban J connectivity index is 1.84. The predicted molar refractivity (Wildman–Crippen MR) is 91.9 cm³/mol. The number of amides is 1. The molecule has 0 spiro atoms. The van der Waals surface area contributed by atoms with E-state index in [-0.39, 0.29) is 17.7 Å². The molecule has 5 nitrogen and oxygen atoms in total. The molecule has 2 atom stereocenters. The van der Waals surface area contributed by atoms with Crippen molar-refractivity contribution in [2.24, 2.45) is 5.92 Å². The molecule has 0 saturated heterocycles. The van der Waals surface area contributed by atoms with E-state index in [4.69, 9.17) is 0 Å². The maximum absolute atomic E-state index is 12.0. The van der Waals surface area contributed by atoms with Crippen molar-refractivity contribution in [2.75, 3.05) is 25.1 Å². The lowest BCUT2D eigenvalue weighted by atomic mass is 9.99. The fraction of sp³-hybridized carbons (Fsp3) is 0.588. The summed E-state index contributed by atoms with van der Waals surface area (Å²) in [5, 5.41) is 2.88. The average Bonchev–Trinajstić information content (AvgIpc) is 2.50. The van der Waals surface area contributed by atoms with Crippen LogP contribution in [0.3, 0.4) is 0 Å². The van der Waals surface area contributed by atoms with Gasteiger partial charge in [-0.2, -0.15) is 0 Å². The zero-order valence-corrected chi connectivity index (χ0v) is 14.9. The van der Waals surface area contributed by atoms with Crippen LogP contribution in [0.4, 0.5) is 0 Å². The fourth-order valence-corrected chi connectivity index (χ4v) is 4.03. The molecule has 1 N–H and O–H groups in total. The van der Waals surface area contributed by atoms with E-state index in [1.807, 2.05) is 0 Å². The van der Waals surface area contributed by atoms with E-state index >= 15 is 0 Å². The Morgan fingerprint density at radius 1 is 1.26 bits per heavy atom. The van der Waals surface area contributed by atoms with E-state index in [0.29, 0.717) is 6.54 Å². The molecule has 2 rings (SSSR count). The molecular weight excluding hydrogens is 312 g/mol. The van der Waals surface area contributed by atoms with Gasteiger partial charge in [-0.25, -0.2) is 8.42 Å². The standard InChI is InChI=1S/C17H26N2O3S/c1-13(12-23(3,21)22)17(20)18-10-14(2)19-9-8-15-6-4-5-7-16(15)11-19/h4-7,13-14H,8-12H2,1-3H3,(H,18,20)/t13-,14+/m1/s1. The number of nitrogens with one attached hydrogen (secondary N) is 1. The highest BCUT2D eigenvalue weighted by atomic mass is 32.2. The first-order chi connectivity index (χ1) is 10.8. The summed E-state index contributed by atoms with van der Waals surface area (Å²) < 4.78 is 22.5. The van der Waals surface area contributed by atoms with Gasteiger partial charge in [0.1, 0.15) is 9.84 Å². The van der Waals surface area contributed by atoms with Gasteiger partial charge in [-0.1, -0.05) is 31.2 Å². The summed E-state index contributed by atoms with van der Waals surface area (Å²) in [5.74, 6) is -0.816. The van der Waals surface area contributed by atoms with Crippen molar-refractivity contribution < 1.29 is 13.2 Å². The van der Waals surface area contributed by atoms with Gasteiger partial charge < -0.3 is 5.32 Å². The highest BCUT2D eigenvalue weighted by molar-refractivity contribution is 7.90. The molecule has 0 radical (unpaired) electrons. The molecule has 6 heteroatoms. The van der Waals surface area contributed by atoms with Crippen molar-refractivity contribution in [1.29, 1.82) is 0 Å². The third-order valence-corrected chi connectivity index (χ3v) is 5.46. The minimum absolute atomic E-state index is 0.107. The van der Waals surface area contributed by atoms with Crippen LogP contribution in [0.5, 0.6) is 0 Å². The quantitative estimate of drug-likeness (QED) is 0.847. The maximum Gasteiger partial charge on any atom is 0.223 e. The average molecular weight is 338 g/mol. The summed E-state index contributed by atoms with van der Waals surface area (Å²) >= 11 is 0. The van der Waals surface area contributed by atoms with Crippen LogP contribution in [0.1, 0.15) is 25.0 Å². The van der Waals surface area contributed by atoms with E-state index in [1.165, 1.54) is 11.1 Å². The molecule has 0 saturated carbocycles. The van der Waals surface area contributed by atoms with Crippen LogP contribution in [0, 0.1) is 5.92 Å². The number of carbonyl (C=O) groups is 1. The van der Waals surface area contributed by atoms with E-state index < -0.39 is 15.8 Å². The maximum atomic E-state index is 12.0. The molecule has 0 aromatic heterocycles. The number of fused-ring (bicyclic) bond motifs is 1. The van der Waals surface area contributed by atoms with Crippen molar-refractivity contribution in [3.63, 3.8) is 0 Å². The van der Waals surface area contributed by atoms with Gasteiger partial charge in [-0.3, -0.25) is 9.69 Å². The second kappa shape index (κ2) is 7.45. The summed E-state index contributed by atoms with van der Waals surface area (Å²) in [7, 11) is -3.13. The van der Waals surface area contributed by atoms with Crippen molar-refractivity contribution >= 4 is 15.7 Å². The lowest BCUT2D eigenvalue weighted by molar-refractivity contribution is -0.124. The monoisotopic (exact) mass is 338 g/mol. The zero-order valence-electron chi connectivity index (χ0n) is 14.1. The van der Waals surface area contributed by atoms with Gasteiger partial charge in [-0.15, -0.1) is 0 Å². The van der Waals surface area contributed by atoms with Gasteiger partial charge in [0.25, 0.3) is 0 Å². The molecule has 1 amide bonds. The molecule has 23 heavy (non-hydrogen) atoms. The second-order valence-corrected chi connectivity index (χ2v) is 8.76. The van der Waals surface area contributed by atoms with E-state index in [1.54, 1.807) is 6.92 Å². The normalized spacial score (nSPS) is 18.0. The molecule has 0 bridgehead atoms. The Bertz CT molecular complexity index is 658. The summed E-state index contributed by atoms with van der Waals surface area (Å²) in [6.45, 7) is 6.15. The van der Waals surface area contributed by atoms with Crippen LogP contribution in [0.2, 0.25) is 0 Å². The van der Waals surface area contributed by atoms with Crippen molar-refractivity contribution in [2.45, 2.75) is 32.9 Å². The Labute approximate surface area is 139 Å². The third kappa shape index (κ3) is 5.32. The topological polar surface area (TPSA) is 66.5 Å². The molecule has 0 aliphatic carbocycles. The number of hydrogen-bond donors (Lipinski definition) is 1. The van der Waals surface area contributed by atoms with Crippen LogP contribution < -0.4 is 5.32 Å². The molecule has 1 aromatic rings.